The molecule has 1 saturated heterocycles. The largest absolute Gasteiger partial charge is 0.481 e. The number of nitrogens with zero attached hydrogens (tertiary/aromatic N) is 1. The maximum atomic E-state index is 11.9. The van der Waals surface area contributed by atoms with Gasteiger partial charge in [-0.2, -0.15) is 17.4 Å². The van der Waals surface area contributed by atoms with Gasteiger partial charge in [0.2, 0.25) is 0 Å². The summed E-state index contributed by atoms with van der Waals surface area (Å²) in [6.07, 6.45) is 2.15. The van der Waals surface area contributed by atoms with E-state index in [-0.39, 0.29) is 6.04 Å². The highest BCUT2D eigenvalue weighted by Gasteiger charge is 2.43. The summed E-state index contributed by atoms with van der Waals surface area (Å²) in [5, 5.41) is 8.92. The molecule has 2 aliphatic rings. The molecular formula is C9H16N2O4S. The molecule has 0 aromatic rings. The summed E-state index contributed by atoms with van der Waals surface area (Å²) < 4.78 is 27.6. The standard InChI is InChI=1S/C9H16N2O4S/c1-6-8(9(12)13)4-5-11(6)16(14,15)10-7-2-3-7/h6-8,10H,2-5H2,1H3,(H,12,13). The average Bonchev–Trinajstić information content (AvgIpc) is 2.84. The minimum Gasteiger partial charge on any atom is -0.481 e. The summed E-state index contributed by atoms with van der Waals surface area (Å²) in [6.45, 7) is 1.94. The molecule has 92 valence electrons. The van der Waals surface area contributed by atoms with Crippen LogP contribution in [0.15, 0.2) is 0 Å². The van der Waals surface area contributed by atoms with E-state index in [4.69, 9.17) is 5.11 Å². The molecule has 2 unspecified atom stereocenters. The van der Waals surface area contributed by atoms with Crippen molar-refractivity contribution in [2.45, 2.75) is 38.3 Å². The third-order valence-electron chi connectivity index (χ3n) is 3.22. The smallest absolute Gasteiger partial charge is 0.308 e. The van der Waals surface area contributed by atoms with Crippen LogP contribution < -0.4 is 4.72 Å². The maximum Gasteiger partial charge on any atom is 0.308 e. The monoisotopic (exact) mass is 248 g/mol. The average molecular weight is 248 g/mol. The molecule has 2 atom stereocenters. The summed E-state index contributed by atoms with van der Waals surface area (Å²) in [6, 6.07) is -0.408. The minimum absolute atomic E-state index is 0.0566. The van der Waals surface area contributed by atoms with Gasteiger partial charge >= 0.3 is 5.97 Å². The van der Waals surface area contributed by atoms with Crippen LogP contribution in [-0.2, 0) is 15.0 Å². The zero-order chi connectivity index (χ0) is 11.9. The van der Waals surface area contributed by atoms with E-state index in [1.807, 2.05) is 0 Å². The summed E-state index contributed by atoms with van der Waals surface area (Å²) in [5.74, 6) is -1.51. The van der Waals surface area contributed by atoms with Crippen molar-refractivity contribution in [1.82, 2.24) is 9.03 Å². The van der Waals surface area contributed by atoms with E-state index in [1.165, 1.54) is 4.31 Å². The topological polar surface area (TPSA) is 86.7 Å². The fraction of sp³-hybridized carbons (Fsp3) is 0.889. The number of carboxylic acids is 1. The first kappa shape index (κ1) is 11.8. The molecule has 0 radical (unpaired) electrons. The van der Waals surface area contributed by atoms with Gasteiger partial charge in [-0.05, 0) is 26.2 Å². The number of carbonyl (C=O) groups is 1. The second-order valence-corrected chi connectivity index (χ2v) is 6.14. The van der Waals surface area contributed by atoms with Crippen molar-refractivity contribution >= 4 is 16.2 Å². The molecule has 0 amide bonds. The lowest BCUT2D eigenvalue weighted by atomic mass is 10.0. The van der Waals surface area contributed by atoms with E-state index in [0.29, 0.717) is 13.0 Å². The van der Waals surface area contributed by atoms with E-state index in [0.717, 1.165) is 12.8 Å². The van der Waals surface area contributed by atoms with E-state index in [9.17, 15) is 13.2 Å². The first-order chi connectivity index (χ1) is 7.42. The van der Waals surface area contributed by atoms with Crippen LogP contribution in [0.25, 0.3) is 0 Å². The number of aliphatic carboxylic acids is 1. The van der Waals surface area contributed by atoms with Gasteiger partial charge in [-0.15, -0.1) is 0 Å². The molecule has 1 heterocycles. The zero-order valence-electron chi connectivity index (χ0n) is 9.09. The van der Waals surface area contributed by atoms with Gasteiger partial charge in [-0.3, -0.25) is 4.79 Å². The maximum absolute atomic E-state index is 11.9. The Kier molecular flexibility index (Phi) is 2.93. The molecule has 2 N–H and O–H groups in total. The van der Waals surface area contributed by atoms with Crippen molar-refractivity contribution in [2.24, 2.45) is 5.92 Å². The summed E-state index contributed by atoms with van der Waals surface area (Å²) in [7, 11) is -3.49. The Morgan fingerprint density at radius 3 is 2.44 bits per heavy atom. The van der Waals surface area contributed by atoms with Gasteiger partial charge in [0.05, 0.1) is 5.92 Å². The van der Waals surface area contributed by atoms with Gasteiger partial charge in [-0.25, -0.2) is 0 Å². The predicted molar refractivity (Wildman–Crippen MR) is 57.0 cm³/mol. The number of hydrogen-bond donors (Lipinski definition) is 2. The summed E-state index contributed by atoms with van der Waals surface area (Å²) >= 11 is 0. The quantitative estimate of drug-likeness (QED) is 0.720. The Labute approximate surface area is 94.8 Å². The molecule has 1 aliphatic heterocycles. The van der Waals surface area contributed by atoms with Crippen molar-refractivity contribution in [3.63, 3.8) is 0 Å². The Morgan fingerprint density at radius 1 is 1.38 bits per heavy atom. The van der Waals surface area contributed by atoms with Gasteiger partial charge in [0.25, 0.3) is 10.2 Å². The van der Waals surface area contributed by atoms with Gasteiger partial charge in [-0.1, -0.05) is 0 Å². The highest BCUT2D eigenvalue weighted by molar-refractivity contribution is 7.87. The summed E-state index contributed by atoms with van der Waals surface area (Å²) in [4.78, 5) is 10.9. The molecule has 0 spiro atoms. The van der Waals surface area contributed by atoms with Crippen LogP contribution in [0, 0.1) is 5.92 Å². The molecule has 2 fully saturated rings. The number of nitrogens with one attached hydrogen (secondary N) is 1. The Hall–Kier alpha value is -0.660. The molecule has 0 bridgehead atoms. The Bertz CT molecular complexity index is 390. The lowest BCUT2D eigenvalue weighted by molar-refractivity contribution is -0.142. The van der Waals surface area contributed by atoms with Gasteiger partial charge in [0.1, 0.15) is 0 Å². The second kappa shape index (κ2) is 3.97. The second-order valence-electron chi connectivity index (χ2n) is 4.48. The molecule has 1 aliphatic carbocycles. The minimum atomic E-state index is -3.49. The van der Waals surface area contributed by atoms with E-state index in [2.05, 4.69) is 4.72 Å². The van der Waals surface area contributed by atoms with Gasteiger partial charge in [0, 0.05) is 18.6 Å². The molecule has 16 heavy (non-hydrogen) atoms. The van der Waals surface area contributed by atoms with E-state index < -0.39 is 28.1 Å². The normalized spacial score (nSPS) is 31.8. The zero-order valence-corrected chi connectivity index (χ0v) is 9.90. The van der Waals surface area contributed by atoms with Crippen LogP contribution in [0.1, 0.15) is 26.2 Å². The first-order valence-corrected chi connectivity index (χ1v) is 6.88. The number of hydrogen-bond acceptors (Lipinski definition) is 3. The Balaban J connectivity index is 2.07. The summed E-state index contributed by atoms with van der Waals surface area (Å²) in [5.41, 5.74) is 0. The molecule has 6 nitrogen and oxygen atoms in total. The van der Waals surface area contributed by atoms with Gasteiger partial charge in [0.15, 0.2) is 0 Å². The fourth-order valence-electron chi connectivity index (χ4n) is 2.06. The van der Waals surface area contributed by atoms with Crippen LogP contribution in [0.3, 0.4) is 0 Å². The molecular weight excluding hydrogens is 232 g/mol. The van der Waals surface area contributed by atoms with E-state index in [1.54, 1.807) is 6.92 Å². The van der Waals surface area contributed by atoms with Crippen molar-refractivity contribution in [2.75, 3.05) is 6.54 Å². The molecule has 0 aromatic heterocycles. The third-order valence-corrected chi connectivity index (χ3v) is 4.98. The highest BCUT2D eigenvalue weighted by Crippen LogP contribution is 2.28. The van der Waals surface area contributed by atoms with Gasteiger partial charge < -0.3 is 5.11 Å². The van der Waals surface area contributed by atoms with Crippen molar-refractivity contribution in [1.29, 1.82) is 0 Å². The van der Waals surface area contributed by atoms with Crippen molar-refractivity contribution in [3.05, 3.63) is 0 Å². The van der Waals surface area contributed by atoms with Crippen LogP contribution in [0.5, 0.6) is 0 Å². The predicted octanol–water partition coefficient (Wildman–Crippen LogP) is -0.222. The van der Waals surface area contributed by atoms with Crippen LogP contribution in [0.2, 0.25) is 0 Å². The molecule has 2 rings (SSSR count). The number of carboxylic acid groups (broad SMARTS) is 1. The lowest BCUT2D eigenvalue weighted by Crippen LogP contribution is -2.45. The van der Waals surface area contributed by atoms with Crippen LogP contribution in [0.4, 0.5) is 0 Å². The van der Waals surface area contributed by atoms with E-state index >= 15 is 0 Å². The molecule has 0 aromatic carbocycles. The third kappa shape index (κ3) is 2.21. The Morgan fingerprint density at radius 2 is 2.00 bits per heavy atom. The lowest BCUT2D eigenvalue weighted by Gasteiger charge is -2.22. The SMILES string of the molecule is CC1C(C(=O)O)CCN1S(=O)(=O)NC1CC1. The van der Waals surface area contributed by atoms with Crippen LogP contribution in [-0.4, -0.2) is 42.4 Å². The van der Waals surface area contributed by atoms with Crippen molar-refractivity contribution in [3.8, 4) is 0 Å². The first-order valence-electron chi connectivity index (χ1n) is 5.43. The fourth-order valence-corrected chi connectivity index (χ4v) is 3.78. The van der Waals surface area contributed by atoms with Crippen LogP contribution >= 0.6 is 0 Å². The van der Waals surface area contributed by atoms with Crippen molar-refractivity contribution < 1.29 is 18.3 Å². The highest BCUT2D eigenvalue weighted by atomic mass is 32.2. The molecule has 1 saturated carbocycles. The number of rotatable bonds is 4. The molecule has 7 heteroatoms.